The summed E-state index contributed by atoms with van der Waals surface area (Å²) < 4.78 is 2.37. The SMILES string of the molecule is NC(=Nc1ccc2ccn(CCCC3CCCCC3)c2c1)c1cccs1. The molecule has 1 saturated carbocycles. The van der Waals surface area contributed by atoms with Gasteiger partial charge in [0.2, 0.25) is 0 Å². The third kappa shape index (κ3) is 4.01. The molecule has 2 aromatic heterocycles. The Morgan fingerprint density at radius 2 is 2.04 bits per heavy atom. The quantitative estimate of drug-likeness (QED) is 0.416. The van der Waals surface area contributed by atoms with Crippen LogP contribution in [-0.4, -0.2) is 10.4 Å². The fourth-order valence-corrected chi connectivity index (χ4v) is 4.71. The highest BCUT2D eigenvalue weighted by Gasteiger charge is 2.13. The summed E-state index contributed by atoms with van der Waals surface area (Å²) in [5, 5.41) is 3.30. The van der Waals surface area contributed by atoms with Crippen molar-refractivity contribution in [2.75, 3.05) is 0 Å². The average molecular weight is 366 g/mol. The Bertz CT molecular complexity index is 870. The van der Waals surface area contributed by atoms with Gasteiger partial charge in [0.1, 0.15) is 5.84 Å². The van der Waals surface area contributed by atoms with Crippen molar-refractivity contribution in [3.63, 3.8) is 0 Å². The molecular weight excluding hydrogens is 338 g/mol. The van der Waals surface area contributed by atoms with E-state index in [-0.39, 0.29) is 0 Å². The second kappa shape index (κ2) is 8.09. The summed E-state index contributed by atoms with van der Waals surface area (Å²) in [6.45, 7) is 1.09. The molecule has 2 heterocycles. The number of aryl methyl sites for hydroxylation is 1. The van der Waals surface area contributed by atoms with E-state index in [0.29, 0.717) is 5.84 Å². The van der Waals surface area contributed by atoms with E-state index in [1.165, 1.54) is 55.8 Å². The van der Waals surface area contributed by atoms with Crippen molar-refractivity contribution in [3.8, 4) is 0 Å². The van der Waals surface area contributed by atoms with Gasteiger partial charge < -0.3 is 10.3 Å². The Labute approximate surface area is 159 Å². The van der Waals surface area contributed by atoms with Crippen LogP contribution in [0.15, 0.2) is 53.0 Å². The number of hydrogen-bond acceptors (Lipinski definition) is 2. The first-order valence-corrected chi connectivity index (χ1v) is 10.6. The summed E-state index contributed by atoms with van der Waals surface area (Å²) in [5.74, 6) is 1.55. The van der Waals surface area contributed by atoms with Crippen molar-refractivity contribution >= 4 is 33.8 Å². The molecule has 1 aromatic carbocycles. The minimum Gasteiger partial charge on any atom is -0.383 e. The normalized spacial score (nSPS) is 16.4. The minimum absolute atomic E-state index is 0.592. The van der Waals surface area contributed by atoms with E-state index in [1.807, 2.05) is 17.5 Å². The highest BCUT2D eigenvalue weighted by molar-refractivity contribution is 7.12. The van der Waals surface area contributed by atoms with E-state index in [4.69, 9.17) is 5.73 Å². The van der Waals surface area contributed by atoms with Gasteiger partial charge in [0.15, 0.2) is 0 Å². The second-order valence-corrected chi connectivity index (χ2v) is 8.32. The van der Waals surface area contributed by atoms with E-state index in [0.717, 1.165) is 23.0 Å². The maximum absolute atomic E-state index is 6.15. The van der Waals surface area contributed by atoms with Crippen LogP contribution in [0.25, 0.3) is 10.9 Å². The highest BCUT2D eigenvalue weighted by Crippen LogP contribution is 2.28. The standard InChI is InChI=1S/C22H27N3S/c23-22(21-9-5-15-26-21)24-19-11-10-18-12-14-25(20(18)16-19)13-4-8-17-6-2-1-3-7-17/h5,9-12,14-17H,1-4,6-8,13H2,(H2,23,24). The number of amidine groups is 1. The smallest absolute Gasteiger partial charge is 0.141 e. The number of nitrogens with zero attached hydrogens (tertiary/aromatic N) is 2. The number of hydrogen-bond donors (Lipinski definition) is 1. The van der Waals surface area contributed by atoms with Gasteiger partial charge in [0, 0.05) is 12.7 Å². The van der Waals surface area contributed by atoms with Crippen LogP contribution in [0.3, 0.4) is 0 Å². The fourth-order valence-electron chi connectivity index (χ4n) is 4.08. The topological polar surface area (TPSA) is 43.3 Å². The summed E-state index contributed by atoms with van der Waals surface area (Å²) in [6.07, 6.45) is 12.0. The Kier molecular flexibility index (Phi) is 5.40. The molecule has 0 aliphatic heterocycles. The van der Waals surface area contributed by atoms with Gasteiger partial charge in [-0.3, -0.25) is 0 Å². The van der Waals surface area contributed by atoms with Crippen molar-refractivity contribution in [2.24, 2.45) is 16.6 Å². The van der Waals surface area contributed by atoms with Gasteiger partial charge >= 0.3 is 0 Å². The summed E-state index contributed by atoms with van der Waals surface area (Å²) >= 11 is 1.62. The van der Waals surface area contributed by atoms with E-state index < -0.39 is 0 Å². The van der Waals surface area contributed by atoms with Gasteiger partial charge in [0.25, 0.3) is 0 Å². The van der Waals surface area contributed by atoms with E-state index >= 15 is 0 Å². The van der Waals surface area contributed by atoms with Gasteiger partial charge in [-0.25, -0.2) is 4.99 Å². The molecule has 1 aliphatic carbocycles. The summed E-state index contributed by atoms with van der Waals surface area (Å²) in [5.41, 5.74) is 8.33. The molecule has 0 amide bonds. The fraction of sp³-hybridized carbons (Fsp3) is 0.409. The molecule has 26 heavy (non-hydrogen) atoms. The molecule has 0 radical (unpaired) electrons. The van der Waals surface area contributed by atoms with Crippen LogP contribution < -0.4 is 5.73 Å². The number of nitrogens with two attached hydrogens (primary N) is 1. The van der Waals surface area contributed by atoms with E-state index in [9.17, 15) is 0 Å². The van der Waals surface area contributed by atoms with Crippen LogP contribution in [0, 0.1) is 5.92 Å². The summed E-state index contributed by atoms with van der Waals surface area (Å²) in [7, 11) is 0. The molecular formula is C22H27N3S. The Morgan fingerprint density at radius 3 is 2.85 bits per heavy atom. The second-order valence-electron chi connectivity index (χ2n) is 7.37. The van der Waals surface area contributed by atoms with Crippen molar-refractivity contribution < 1.29 is 0 Å². The van der Waals surface area contributed by atoms with Crippen LogP contribution in [-0.2, 0) is 6.54 Å². The Hall–Kier alpha value is -2.07. The van der Waals surface area contributed by atoms with Crippen LogP contribution >= 0.6 is 11.3 Å². The molecule has 0 atom stereocenters. The van der Waals surface area contributed by atoms with Gasteiger partial charge in [-0.05, 0) is 53.8 Å². The molecule has 2 N–H and O–H groups in total. The molecule has 1 fully saturated rings. The van der Waals surface area contributed by atoms with Gasteiger partial charge in [-0.2, -0.15) is 0 Å². The number of thiophene rings is 1. The molecule has 0 spiro atoms. The van der Waals surface area contributed by atoms with Gasteiger partial charge in [0.05, 0.1) is 16.1 Å². The van der Waals surface area contributed by atoms with Crippen molar-refractivity contribution in [1.82, 2.24) is 4.57 Å². The zero-order valence-corrected chi connectivity index (χ0v) is 16.0. The molecule has 4 rings (SSSR count). The average Bonchev–Trinajstić information content (AvgIpc) is 3.33. The van der Waals surface area contributed by atoms with Crippen LogP contribution in [0.1, 0.15) is 49.8 Å². The molecule has 1 aliphatic rings. The molecule has 0 bridgehead atoms. The lowest BCUT2D eigenvalue weighted by atomic mass is 9.86. The first-order valence-electron chi connectivity index (χ1n) is 9.76. The number of fused-ring (bicyclic) bond motifs is 1. The molecule has 0 unspecified atom stereocenters. The summed E-state index contributed by atoms with van der Waals surface area (Å²) in [6, 6.07) is 12.6. The van der Waals surface area contributed by atoms with E-state index in [2.05, 4.69) is 40.0 Å². The Balaban J connectivity index is 1.46. The molecule has 0 saturated heterocycles. The maximum Gasteiger partial charge on any atom is 0.141 e. The highest BCUT2D eigenvalue weighted by atomic mass is 32.1. The maximum atomic E-state index is 6.15. The zero-order chi connectivity index (χ0) is 17.8. The number of aromatic nitrogens is 1. The van der Waals surface area contributed by atoms with Gasteiger partial charge in [-0.15, -0.1) is 11.3 Å². The predicted octanol–water partition coefficient (Wildman–Crippen LogP) is 6.10. The van der Waals surface area contributed by atoms with Crippen LogP contribution in [0.4, 0.5) is 5.69 Å². The zero-order valence-electron chi connectivity index (χ0n) is 15.2. The van der Waals surface area contributed by atoms with Crippen LogP contribution in [0.2, 0.25) is 0 Å². The molecule has 4 heteroatoms. The lowest BCUT2D eigenvalue weighted by molar-refractivity contribution is 0.327. The van der Waals surface area contributed by atoms with Crippen molar-refractivity contribution in [3.05, 3.63) is 52.9 Å². The number of benzene rings is 1. The van der Waals surface area contributed by atoms with Crippen molar-refractivity contribution in [1.29, 1.82) is 0 Å². The largest absolute Gasteiger partial charge is 0.383 e. The predicted molar refractivity (Wildman–Crippen MR) is 112 cm³/mol. The number of aliphatic imine (C=N–C) groups is 1. The lowest BCUT2D eigenvalue weighted by Gasteiger charge is -2.21. The van der Waals surface area contributed by atoms with Crippen LogP contribution in [0.5, 0.6) is 0 Å². The first-order chi connectivity index (χ1) is 12.8. The first kappa shape index (κ1) is 17.3. The van der Waals surface area contributed by atoms with Gasteiger partial charge in [-0.1, -0.05) is 44.2 Å². The molecule has 136 valence electrons. The third-order valence-electron chi connectivity index (χ3n) is 5.52. The minimum atomic E-state index is 0.592. The van der Waals surface area contributed by atoms with Crippen molar-refractivity contribution in [2.45, 2.75) is 51.5 Å². The third-order valence-corrected chi connectivity index (χ3v) is 6.41. The molecule has 3 aromatic rings. The lowest BCUT2D eigenvalue weighted by Crippen LogP contribution is -2.10. The molecule has 3 nitrogen and oxygen atoms in total. The Morgan fingerprint density at radius 1 is 1.15 bits per heavy atom. The summed E-state index contributed by atoms with van der Waals surface area (Å²) in [4.78, 5) is 5.64. The monoisotopic (exact) mass is 365 g/mol. The van der Waals surface area contributed by atoms with E-state index in [1.54, 1.807) is 11.3 Å². The number of rotatable bonds is 6.